The quantitative estimate of drug-likeness (QED) is 0.892. The van der Waals surface area contributed by atoms with Gasteiger partial charge in [-0.2, -0.15) is 5.26 Å². The first kappa shape index (κ1) is 14.0. The standard InChI is InChI=1S/C14H19N3OS/c1-4-14(5-6-16-8-14)13(18)17-12-11(7-15)9(2)10(3)19-12/h16H,4-6,8H2,1-3H3,(H,17,18). The van der Waals surface area contributed by atoms with Gasteiger partial charge in [0.15, 0.2) is 0 Å². The summed E-state index contributed by atoms with van der Waals surface area (Å²) in [6.45, 7) is 7.55. The van der Waals surface area contributed by atoms with E-state index < -0.39 is 0 Å². The minimum Gasteiger partial charge on any atom is -0.316 e. The van der Waals surface area contributed by atoms with Crippen molar-refractivity contribution in [3.05, 3.63) is 16.0 Å². The zero-order valence-corrected chi connectivity index (χ0v) is 12.4. The number of nitriles is 1. The molecule has 2 N–H and O–H groups in total. The van der Waals surface area contributed by atoms with Crippen molar-refractivity contribution in [2.24, 2.45) is 5.41 Å². The average molecular weight is 277 g/mol. The molecule has 1 fully saturated rings. The molecule has 5 heteroatoms. The van der Waals surface area contributed by atoms with E-state index in [1.807, 2.05) is 20.8 Å². The van der Waals surface area contributed by atoms with Crippen LogP contribution in [0.1, 0.15) is 35.8 Å². The molecule has 1 aromatic rings. The highest BCUT2D eigenvalue weighted by molar-refractivity contribution is 7.16. The van der Waals surface area contributed by atoms with Gasteiger partial charge in [0, 0.05) is 11.4 Å². The van der Waals surface area contributed by atoms with Gasteiger partial charge in [0.05, 0.1) is 11.0 Å². The van der Waals surface area contributed by atoms with Gasteiger partial charge in [-0.05, 0) is 38.8 Å². The number of hydrogen-bond acceptors (Lipinski definition) is 4. The maximum Gasteiger partial charge on any atom is 0.232 e. The van der Waals surface area contributed by atoms with Gasteiger partial charge in [-0.25, -0.2) is 0 Å². The van der Waals surface area contributed by atoms with Crippen molar-refractivity contribution in [2.75, 3.05) is 18.4 Å². The predicted octanol–water partition coefficient (Wildman–Crippen LogP) is 2.56. The number of rotatable bonds is 3. The molecule has 0 aromatic carbocycles. The number of aryl methyl sites for hydroxylation is 1. The molecule has 1 aliphatic rings. The van der Waals surface area contributed by atoms with Crippen LogP contribution in [0.25, 0.3) is 0 Å². The number of thiophene rings is 1. The molecule has 1 aliphatic heterocycles. The summed E-state index contributed by atoms with van der Waals surface area (Å²) in [6, 6.07) is 2.19. The maximum atomic E-state index is 12.5. The zero-order valence-electron chi connectivity index (χ0n) is 11.6. The lowest BCUT2D eigenvalue weighted by Crippen LogP contribution is -2.37. The number of amides is 1. The summed E-state index contributed by atoms with van der Waals surface area (Å²) in [5.41, 5.74) is 1.25. The van der Waals surface area contributed by atoms with E-state index in [2.05, 4.69) is 16.7 Å². The van der Waals surface area contributed by atoms with Crippen LogP contribution in [0.2, 0.25) is 0 Å². The van der Waals surface area contributed by atoms with Crippen LogP contribution in [0.5, 0.6) is 0 Å². The summed E-state index contributed by atoms with van der Waals surface area (Å²) in [7, 11) is 0. The maximum absolute atomic E-state index is 12.5. The first-order valence-corrected chi connectivity index (χ1v) is 7.38. The Morgan fingerprint density at radius 1 is 1.58 bits per heavy atom. The Balaban J connectivity index is 2.24. The third-order valence-electron chi connectivity index (χ3n) is 4.13. The van der Waals surface area contributed by atoms with Crippen LogP contribution in [0.4, 0.5) is 5.00 Å². The van der Waals surface area contributed by atoms with Crippen molar-refractivity contribution in [3.8, 4) is 6.07 Å². The smallest absolute Gasteiger partial charge is 0.232 e. The first-order chi connectivity index (χ1) is 9.04. The molecule has 2 heterocycles. The van der Waals surface area contributed by atoms with E-state index >= 15 is 0 Å². The Morgan fingerprint density at radius 2 is 2.32 bits per heavy atom. The molecule has 1 saturated heterocycles. The summed E-state index contributed by atoms with van der Waals surface area (Å²) in [5, 5.41) is 16.1. The molecular weight excluding hydrogens is 258 g/mol. The van der Waals surface area contributed by atoms with Gasteiger partial charge < -0.3 is 10.6 Å². The van der Waals surface area contributed by atoms with Gasteiger partial charge in [0.2, 0.25) is 5.91 Å². The number of carbonyl (C=O) groups excluding carboxylic acids is 1. The topological polar surface area (TPSA) is 64.9 Å². The van der Waals surface area contributed by atoms with E-state index in [0.29, 0.717) is 10.6 Å². The lowest BCUT2D eigenvalue weighted by molar-refractivity contribution is -0.124. The lowest BCUT2D eigenvalue weighted by Gasteiger charge is -2.24. The molecule has 0 bridgehead atoms. The van der Waals surface area contributed by atoms with E-state index in [1.165, 1.54) is 11.3 Å². The summed E-state index contributed by atoms with van der Waals surface area (Å²) < 4.78 is 0. The van der Waals surface area contributed by atoms with Crippen molar-refractivity contribution >= 4 is 22.2 Å². The van der Waals surface area contributed by atoms with Crippen molar-refractivity contribution in [2.45, 2.75) is 33.6 Å². The molecule has 0 spiro atoms. The van der Waals surface area contributed by atoms with E-state index in [9.17, 15) is 10.1 Å². The molecular formula is C14H19N3OS. The minimum absolute atomic E-state index is 0.0396. The molecule has 0 radical (unpaired) electrons. The molecule has 0 saturated carbocycles. The van der Waals surface area contributed by atoms with Crippen LogP contribution < -0.4 is 10.6 Å². The number of carbonyl (C=O) groups is 1. The van der Waals surface area contributed by atoms with E-state index in [1.54, 1.807) is 0 Å². The Labute approximate surface area is 117 Å². The molecule has 2 rings (SSSR count). The van der Waals surface area contributed by atoms with Crippen molar-refractivity contribution in [1.29, 1.82) is 5.26 Å². The van der Waals surface area contributed by atoms with Crippen molar-refractivity contribution in [1.82, 2.24) is 5.32 Å². The lowest BCUT2D eigenvalue weighted by atomic mass is 9.83. The summed E-state index contributed by atoms with van der Waals surface area (Å²) in [6.07, 6.45) is 1.68. The van der Waals surface area contributed by atoms with E-state index in [-0.39, 0.29) is 11.3 Å². The average Bonchev–Trinajstić information content (AvgIpc) is 2.97. The molecule has 1 amide bonds. The van der Waals surface area contributed by atoms with Crippen LogP contribution in [-0.2, 0) is 4.79 Å². The SMILES string of the molecule is CCC1(C(=O)Nc2sc(C)c(C)c2C#N)CCNC1. The van der Waals surface area contributed by atoms with Crippen LogP contribution in [0, 0.1) is 30.6 Å². The monoisotopic (exact) mass is 277 g/mol. The van der Waals surface area contributed by atoms with Gasteiger partial charge >= 0.3 is 0 Å². The third-order valence-corrected chi connectivity index (χ3v) is 5.25. The van der Waals surface area contributed by atoms with Crippen LogP contribution in [0.15, 0.2) is 0 Å². The minimum atomic E-state index is -0.321. The largest absolute Gasteiger partial charge is 0.316 e. The van der Waals surface area contributed by atoms with Gasteiger partial charge in [0.1, 0.15) is 11.1 Å². The zero-order chi connectivity index (χ0) is 14.0. The number of nitrogens with zero attached hydrogens (tertiary/aromatic N) is 1. The molecule has 102 valence electrons. The van der Waals surface area contributed by atoms with Crippen LogP contribution >= 0.6 is 11.3 Å². The molecule has 1 aromatic heterocycles. The fraction of sp³-hybridized carbons (Fsp3) is 0.571. The second-order valence-corrected chi connectivity index (χ2v) is 6.34. The molecule has 4 nitrogen and oxygen atoms in total. The fourth-order valence-electron chi connectivity index (χ4n) is 2.49. The van der Waals surface area contributed by atoms with Gasteiger partial charge in [-0.1, -0.05) is 6.92 Å². The third kappa shape index (κ3) is 2.38. The van der Waals surface area contributed by atoms with Crippen LogP contribution in [0.3, 0.4) is 0 Å². The van der Waals surface area contributed by atoms with Gasteiger partial charge in [-0.15, -0.1) is 11.3 Å². The highest BCUT2D eigenvalue weighted by Gasteiger charge is 2.39. The Kier molecular flexibility index (Phi) is 3.93. The summed E-state index contributed by atoms with van der Waals surface area (Å²) >= 11 is 1.49. The summed E-state index contributed by atoms with van der Waals surface area (Å²) in [4.78, 5) is 13.6. The van der Waals surface area contributed by atoms with Crippen molar-refractivity contribution < 1.29 is 4.79 Å². The van der Waals surface area contributed by atoms with Crippen LogP contribution in [-0.4, -0.2) is 19.0 Å². The van der Waals surface area contributed by atoms with Gasteiger partial charge in [-0.3, -0.25) is 4.79 Å². The molecule has 19 heavy (non-hydrogen) atoms. The van der Waals surface area contributed by atoms with Crippen molar-refractivity contribution in [3.63, 3.8) is 0 Å². The Morgan fingerprint density at radius 3 is 2.84 bits per heavy atom. The van der Waals surface area contributed by atoms with E-state index in [0.717, 1.165) is 36.4 Å². The number of hydrogen-bond donors (Lipinski definition) is 2. The second kappa shape index (κ2) is 5.32. The normalized spacial score (nSPS) is 22.2. The molecule has 1 atom stereocenters. The second-order valence-electron chi connectivity index (χ2n) is 5.11. The number of nitrogens with one attached hydrogen (secondary N) is 2. The summed E-state index contributed by atoms with van der Waals surface area (Å²) in [5.74, 6) is 0.0396. The predicted molar refractivity (Wildman–Crippen MR) is 77.3 cm³/mol. The molecule has 0 aliphatic carbocycles. The highest BCUT2D eigenvalue weighted by Crippen LogP contribution is 2.35. The fourth-order valence-corrected chi connectivity index (χ4v) is 3.49. The highest BCUT2D eigenvalue weighted by atomic mass is 32.1. The Hall–Kier alpha value is -1.38. The first-order valence-electron chi connectivity index (χ1n) is 6.56. The van der Waals surface area contributed by atoms with Gasteiger partial charge in [0.25, 0.3) is 0 Å². The number of anilines is 1. The Bertz CT molecular complexity index is 536. The van der Waals surface area contributed by atoms with E-state index in [4.69, 9.17) is 0 Å². The molecule has 1 unspecified atom stereocenters.